The number of hydrogen-bond donors (Lipinski definition) is 3. The van der Waals surface area contributed by atoms with Crippen LogP contribution in [0.25, 0.3) is 0 Å². The van der Waals surface area contributed by atoms with Gasteiger partial charge in [0.25, 0.3) is 5.91 Å². The first-order valence-corrected chi connectivity index (χ1v) is 8.46. The van der Waals surface area contributed by atoms with Crippen LogP contribution in [0, 0.1) is 6.92 Å². The number of fused-ring (bicyclic) bond motifs is 2. The van der Waals surface area contributed by atoms with Crippen molar-refractivity contribution >= 4 is 23.4 Å². The van der Waals surface area contributed by atoms with Crippen molar-refractivity contribution in [1.82, 2.24) is 20.3 Å². The Morgan fingerprint density at radius 3 is 2.76 bits per heavy atom. The van der Waals surface area contributed by atoms with E-state index in [2.05, 4.69) is 30.5 Å². The number of carbonyl (C=O) groups excluding carboxylic acids is 1. The van der Waals surface area contributed by atoms with Crippen molar-refractivity contribution in [2.24, 2.45) is 5.73 Å². The highest BCUT2D eigenvalue weighted by Gasteiger charge is 2.32. The molecule has 130 valence electrons. The Morgan fingerprint density at radius 2 is 2.08 bits per heavy atom. The molecule has 4 heterocycles. The maximum absolute atomic E-state index is 11.3. The third-order valence-corrected chi connectivity index (χ3v) is 4.75. The van der Waals surface area contributed by atoms with Gasteiger partial charge in [0.15, 0.2) is 0 Å². The Labute approximate surface area is 145 Å². The summed E-state index contributed by atoms with van der Waals surface area (Å²) in [6.45, 7) is 3.74. The van der Waals surface area contributed by atoms with Gasteiger partial charge in [0, 0.05) is 31.4 Å². The monoisotopic (exact) mass is 339 g/mol. The third kappa shape index (κ3) is 3.25. The highest BCUT2D eigenvalue weighted by Crippen LogP contribution is 2.25. The van der Waals surface area contributed by atoms with Crippen LogP contribution in [-0.2, 0) is 0 Å². The smallest absolute Gasteiger partial charge is 0.267 e. The standard InChI is InChI=1S/C17H21N7O/c1-10-6-13(7-20-15(10)16(18)25)22-17-19-5-4-14(23-17)24-8-11-2-3-12(9-24)21-11/h4-7,11-12,21H,2-3,8-9H2,1H3,(H2,18,25)(H,19,22,23)/t11-,12+. The van der Waals surface area contributed by atoms with Gasteiger partial charge in [-0.15, -0.1) is 0 Å². The molecule has 0 aromatic carbocycles. The van der Waals surface area contributed by atoms with Crippen molar-refractivity contribution in [1.29, 1.82) is 0 Å². The van der Waals surface area contributed by atoms with E-state index >= 15 is 0 Å². The lowest BCUT2D eigenvalue weighted by molar-refractivity contribution is 0.0995. The number of primary amides is 1. The maximum Gasteiger partial charge on any atom is 0.267 e. The number of nitrogens with two attached hydrogens (primary N) is 1. The molecule has 0 saturated carbocycles. The number of anilines is 3. The summed E-state index contributed by atoms with van der Waals surface area (Å²) in [5, 5.41) is 6.77. The lowest BCUT2D eigenvalue weighted by atomic mass is 10.2. The summed E-state index contributed by atoms with van der Waals surface area (Å²) in [4.78, 5) is 26.6. The van der Waals surface area contributed by atoms with E-state index < -0.39 is 5.91 Å². The number of pyridine rings is 1. The van der Waals surface area contributed by atoms with Gasteiger partial charge in [-0.05, 0) is 37.5 Å². The van der Waals surface area contributed by atoms with E-state index in [-0.39, 0.29) is 5.69 Å². The predicted octanol–water partition coefficient (Wildman–Crippen LogP) is 0.963. The predicted molar refractivity (Wildman–Crippen MR) is 95.0 cm³/mol. The Balaban J connectivity index is 1.52. The fourth-order valence-electron chi connectivity index (χ4n) is 3.60. The molecular weight excluding hydrogens is 318 g/mol. The minimum absolute atomic E-state index is 0.275. The molecule has 2 fully saturated rings. The summed E-state index contributed by atoms with van der Waals surface area (Å²) in [6.07, 6.45) is 5.78. The first kappa shape index (κ1) is 15.8. The largest absolute Gasteiger partial charge is 0.364 e. The zero-order valence-electron chi connectivity index (χ0n) is 14.1. The van der Waals surface area contributed by atoms with E-state index in [0.717, 1.165) is 24.6 Å². The van der Waals surface area contributed by atoms with Crippen LogP contribution >= 0.6 is 0 Å². The van der Waals surface area contributed by atoms with Crippen molar-refractivity contribution in [3.63, 3.8) is 0 Å². The molecule has 1 amide bonds. The summed E-state index contributed by atoms with van der Waals surface area (Å²) < 4.78 is 0. The minimum atomic E-state index is -0.532. The minimum Gasteiger partial charge on any atom is -0.364 e. The van der Waals surface area contributed by atoms with Gasteiger partial charge >= 0.3 is 0 Å². The van der Waals surface area contributed by atoms with Gasteiger partial charge in [-0.25, -0.2) is 9.97 Å². The molecule has 4 rings (SSSR count). The Bertz CT molecular complexity index is 797. The van der Waals surface area contributed by atoms with Crippen molar-refractivity contribution in [2.75, 3.05) is 23.3 Å². The van der Waals surface area contributed by atoms with Crippen LogP contribution in [0.2, 0.25) is 0 Å². The number of rotatable bonds is 4. The van der Waals surface area contributed by atoms with Crippen molar-refractivity contribution < 1.29 is 4.79 Å². The molecule has 25 heavy (non-hydrogen) atoms. The van der Waals surface area contributed by atoms with Gasteiger partial charge < -0.3 is 21.3 Å². The van der Waals surface area contributed by atoms with E-state index in [1.807, 2.05) is 12.1 Å². The molecule has 2 aliphatic rings. The van der Waals surface area contributed by atoms with E-state index in [4.69, 9.17) is 5.73 Å². The zero-order chi connectivity index (χ0) is 17.4. The molecule has 0 radical (unpaired) electrons. The van der Waals surface area contributed by atoms with E-state index in [0.29, 0.717) is 23.6 Å². The van der Waals surface area contributed by atoms with E-state index in [1.54, 1.807) is 19.3 Å². The van der Waals surface area contributed by atoms with Crippen LogP contribution in [0.5, 0.6) is 0 Å². The van der Waals surface area contributed by atoms with Gasteiger partial charge in [0.2, 0.25) is 5.95 Å². The lowest BCUT2D eigenvalue weighted by Gasteiger charge is -2.33. The SMILES string of the molecule is Cc1cc(Nc2nccc(N3C[C@H]4CC[C@@H](C3)N4)n2)cnc1C(N)=O. The number of hydrogen-bond acceptors (Lipinski definition) is 7. The number of aryl methyl sites for hydroxylation is 1. The Morgan fingerprint density at radius 1 is 1.32 bits per heavy atom. The topological polar surface area (TPSA) is 109 Å². The molecule has 2 aliphatic heterocycles. The normalized spacial score (nSPS) is 22.0. The average molecular weight is 339 g/mol. The number of amides is 1. The fraction of sp³-hybridized carbons (Fsp3) is 0.412. The van der Waals surface area contributed by atoms with Crippen LogP contribution in [0.3, 0.4) is 0 Å². The van der Waals surface area contributed by atoms with Crippen LogP contribution in [0.4, 0.5) is 17.5 Å². The second-order valence-electron chi connectivity index (χ2n) is 6.66. The van der Waals surface area contributed by atoms with Gasteiger partial charge in [-0.2, -0.15) is 4.98 Å². The van der Waals surface area contributed by atoms with E-state index in [1.165, 1.54) is 12.8 Å². The average Bonchev–Trinajstić information content (AvgIpc) is 2.93. The molecular formula is C17H21N7O. The van der Waals surface area contributed by atoms with Gasteiger partial charge in [-0.3, -0.25) is 4.79 Å². The van der Waals surface area contributed by atoms with Gasteiger partial charge in [-0.1, -0.05) is 0 Å². The maximum atomic E-state index is 11.3. The van der Waals surface area contributed by atoms with Crippen LogP contribution in [0.15, 0.2) is 24.5 Å². The summed E-state index contributed by atoms with van der Waals surface area (Å²) in [5.41, 5.74) is 7.00. The molecule has 0 aliphatic carbocycles. The summed E-state index contributed by atoms with van der Waals surface area (Å²) in [6, 6.07) is 4.86. The molecule has 2 aromatic heterocycles. The Hall–Kier alpha value is -2.74. The molecule has 8 heteroatoms. The first-order valence-electron chi connectivity index (χ1n) is 8.46. The quantitative estimate of drug-likeness (QED) is 0.761. The summed E-state index contributed by atoms with van der Waals surface area (Å²) in [7, 11) is 0. The molecule has 4 N–H and O–H groups in total. The zero-order valence-corrected chi connectivity index (χ0v) is 14.1. The van der Waals surface area contributed by atoms with Crippen LogP contribution in [-0.4, -0.2) is 46.0 Å². The van der Waals surface area contributed by atoms with E-state index in [9.17, 15) is 4.79 Å². The fourth-order valence-corrected chi connectivity index (χ4v) is 3.60. The number of piperazine rings is 1. The molecule has 2 bridgehead atoms. The molecule has 8 nitrogen and oxygen atoms in total. The molecule has 0 unspecified atom stereocenters. The van der Waals surface area contributed by atoms with Gasteiger partial charge in [0.05, 0.1) is 11.9 Å². The molecule has 2 atom stereocenters. The Kier molecular flexibility index (Phi) is 3.96. The molecule has 2 aromatic rings. The number of nitrogens with one attached hydrogen (secondary N) is 2. The van der Waals surface area contributed by atoms with Crippen LogP contribution < -0.4 is 21.3 Å². The van der Waals surface area contributed by atoms with Crippen molar-refractivity contribution in [3.05, 3.63) is 35.8 Å². The number of aromatic nitrogens is 3. The van der Waals surface area contributed by atoms with Crippen molar-refractivity contribution in [2.45, 2.75) is 31.8 Å². The third-order valence-electron chi connectivity index (χ3n) is 4.75. The number of carbonyl (C=O) groups is 1. The lowest BCUT2D eigenvalue weighted by Crippen LogP contribution is -2.51. The van der Waals surface area contributed by atoms with Crippen LogP contribution in [0.1, 0.15) is 28.9 Å². The second-order valence-corrected chi connectivity index (χ2v) is 6.66. The van der Waals surface area contributed by atoms with Gasteiger partial charge in [0.1, 0.15) is 11.5 Å². The summed E-state index contributed by atoms with van der Waals surface area (Å²) in [5.74, 6) is 0.904. The highest BCUT2D eigenvalue weighted by atomic mass is 16.1. The van der Waals surface area contributed by atoms with Crippen molar-refractivity contribution in [3.8, 4) is 0 Å². The number of nitrogens with zero attached hydrogens (tertiary/aromatic N) is 4. The highest BCUT2D eigenvalue weighted by molar-refractivity contribution is 5.92. The molecule has 2 saturated heterocycles. The summed E-state index contributed by atoms with van der Waals surface area (Å²) >= 11 is 0. The second kappa shape index (κ2) is 6.29. The first-order chi connectivity index (χ1) is 12.1. The molecule has 0 spiro atoms.